The lowest BCUT2D eigenvalue weighted by Gasteiger charge is -2.15. The number of aryl methyl sites for hydroxylation is 1. The Kier molecular flexibility index (Phi) is 4.46. The molecule has 0 aliphatic carbocycles. The summed E-state index contributed by atoms with van der Waals surface area (Å²) in [6.07, 6.45) is 2.42. The number of benzene rings is 1. The molecule has 3 rings (SSSR count). The van der Waals surface area contributed by atoms with Crippen LogP contribution in [0.2, 0.25) is 0 Å². The van der Waals surface area contributed by atoms with Gasteiger partial charge in [-0.05, 0) is 35.6 Å². The number of alkyl halides is 1. The van der Waals surface area contributed by atoms with Crippen LogP contribution in [-0.4, -0.2) is 20.4 Å². The van der Waals surface area contributed by atoms with E-state index in [1.807, 2.05) is 39.5 Å². The van der Waals surface area contributed by atoms with Crippen molar-refractivity contribution in [3.8, 4) is 0 Å². The molecule has 0 fully saturated rings. The maximum absolute atomic E-state index is 13.9. The third-order valence-corrected chi connectivity index (χ3v) is 5.28. The van der Waals surface area contributed by atoms with Crippen LogP contribution in [0.25, 0.3) is 11.0 Å². The number of hydrogen-bond acceptors (Lipinski definition) is 3. The molecule has 1 aromatic carbocycles. The average Bonchev–Trinajstić information content (AvgIpc) is 3.07. The van der Waals surface area contributed by atoms with E-state index < -0.39 is 0 Å². The Morgan fingerprint density at radius 2 is 2.29 bits per heavy atom. The third kappa shape index (κ3) is 2.80. The van der Waals surface area contributed by atoms with Crippen molar-refractivity contribution in [2.24, 2.45) is 0 Å². The minimum atomic E-state index is -0.229. The molecule has 2 heterocycles. The number of imidazole rings is 1. The highest BCUT2D eigenvalue weighted by Gasteiger charge is 2.20. The minimum absolute atomic E-state index is 0.00711. The molecule has 0 saturated carbocycles. The Morgan fingerprint density at radius 3 is 2.95 bits per heavy atom. The first-order chi connectivity index (χ1) is 10.1. The van der Waals surface area contributed by atoms with E-state index in [2.05, 4.69) is 9.97 Å². The SMILES string of the molecule is CC(c1nccs1)n1c(CCCl)nc2cc(I)c(F)cc21. The Bertz CT molecular complexity index is 772. The molecule has 110 valence electrons. The summed E-state index contributed by atoms with van der Waals surface area (Å²) >= 11 is 9.45. The number of rotatable bonds is 4. The van der Waals surface area contributed by atoms with Crippen molar-refractivity contribution in [2.45, 2.75) is 19.4 Å². The zero-order chi connectivity index (χ0) is 15.0. The monoisotopic (exact) mass is 435 g/mol. The summed E-state index contributed by atoms with van der Waals surface area (Å²) in [5.41, 5.74) is 1.58. The molecule has 21 heavy (non-hydrogen) atoms. The van der Waals surface area contributed by atoms with E-state index in [1.54, 1.807) is 29.7 Å². The van der Waals surface area contributed by atoms with Crippen LogP contribution >= 0.6 is 45.5 Å². The van der Waals surface area contributed by atoms with Gasteiger partial charge in [0.2, 0.25) is 0 Å². The average molecular weight is 436 g/mol. The molecule has 7 heteroatoms. The first-order valence-corrected chi connectivity index (χ1v) is 8.92. The van der Waals surface area contributed by atoms with Crippen LogP contribution < -0.4 is 0 Å². The van der Waals surface area contributed by atoms with Gasteiger partial charge in [0.1, 0.15) is 16.6 Å². The van der Waals surface area contributed by atoms with E-state index in [9.17, 15) is 4.39 Å². The first-order valence-electron chi connectivity index (χ1n) is 6.43. The van der Waals surface area contributed by atoms with Gasteiger partial charge in [-0.2, -0.15) is 0 Å². The van der Waals surface area contributed by atoms with E-state index in [1.165, 1.54) is 0 Å². The summed E-state index contributed by atoms with van der Waals surface area (Å²) in [6.45, 7) is 2.05. The topological polar surface area (TPSA) is 30.7 Å². The number of fused-ring (bicyclic) bond motifs is 1. The highest BCUT2D eigenvalue weighted by Crippen LogP contribution is 2.29. The van der Waals surface area contributed by atoms with E-state index in [0.717, 1.165) is 21.9 Å². The molecule has 0 aliphatic heterocycles. The fourth-order valence-corrected chi connectivity index (χ4v) is 3.69. The van der Waals surface area contributed by atoms with Gasteiger partial charge in [-0.25, -0.2) is 14.4 Å². The van der Waals surface area contributed by atoms with Gasteiger partial charge in [0.15, 0.2) is 0 Å². The predicted octanol–water partition coefficient (Wildman–Crippen LogP) is 4.63. The summed E-state index contributed by atoms with van der Waals surface area (Å²) < 4.78 is 16.6. The molecule has 0 amide bonds. The molecular weight excluding hydrogens is 424 g/mol. The molecule has 0 aliphatic rings. The fourth-order valence-electron chi connectivity index (χ4n) is 2.38. The smallest absolute Gasteiger partial charge is 0.138 e. The van der Waals surface area contributed by atoms with Gasteiger partial charge in [0.05, 0.1) is 20.6 Å². The van der Waals surface area contributed by atoms with Gasteiger partial charge < -0.3 is 4.57 Å². The zero-order valence-corrected chi connectivity index (χ0v) is 14.9. The van der Waals surface area contributed by atoms with Gasteiger partial charge in [-0.1, -0.05) is 0 Å². The lowest BCUT2D eigenvalue weighted by Crippen LogP contribution is -2.11. The van der Waals surface area contributed by atoms with E-state index in [0.29, 0.717) is 15.9 Å². The molecule has 0 spiro atoms. The van der Waals surface area contributed by atoms with Crippen LogP contribution in [0.1, 0.15) is 23.8 Å². The fraction of sp³-hybridized carbons (Fsp3) is 0.286. The molecule has 1 unspecified atom stereocenters. The maximum Gasteiger partial charge on any atom is 0.138 e. The van der Waals surface area contributed by atoms with Crippen molar-refractivity contribution < 1.29 is 4.39 Å². The van der Waals surface area contributed by atoms with E-state index >= 15 is 0 Å². The molecule has 0 saturated heterocycles. The second kappa shape index (κ2) is 6.18. The number of hydrogen-bond donors (Lipinski definition) is 0. The van der Waals surface area contributed by atoms with E-state index in [4.69, 9.17) is 11.6 Å². The number of halogens is 3. The van der Waals surface area contributed by atoms with Gasteiger partial charge >= 0.3 is 0 Å². The highest BCUT2D eigenvalue weighted by atomic mass is 127. The zero-order valence-electron chi connectivity index (χ0n) is 11.2. The van der Waals surface area contributed by atoms with Crippen molar-refractivity contribution >= 4 is 56.6 Å². The van der Waals surface area contributed by atoms with Crippen molar-refractivity contribution in [3.63, 3.8) is 0 Å². The first kappa shape index (κ1) is 15.2. The molecule has 1 atom stereocenters. The van der Waals surface area contributed by atoms with Gasteiger partial charge in [0.25, 0.3) is 0 Å². The number of thiazole rings is 1. The summed E-state index contributed by atoms with van der Waals surface area (Å²) in [4.78, 5) is 8.98. The van der Waals surface area contributed by atoms with Crippen LogP contribution in [0, 0.1) is 9.39 Å². The Morgan fingerprint density at radius 1 is 1.48 bits per heavy atom. The van der Waals surface area contributed by atoms with Crippen molar-refractivity contribution in [2.75, 3.05) is 5.88 Å². The van der Waals surface area contributed by atoms with Crippen LogP contribution in [-0.2, 0) is 6.42 Å². The number of aromatic nitrogens is 3. The lowest BCUT2D eigenvalue weighted by molar-refractivity contribution is 0.608. The van der Waals surface area contributed by atoms with Crippen LogP contribution in [0.4, 0.5) is 4.39 Å². The van der Waals surface area contributed by atoms with Crippen molar-refractivity contribution in [1.29, 1.82) is 0 Å². The largest absolute Gasteiger partial charge is 0.318 e. The Hall–Kier alpha value is -0.730. The molecule has 3 aromatic rings. The maximum atomic E-state index is 13.9. The second-order valence-corrected chi connectivity index (χ2v) is 7.10. The van der Waals surface area contributed by atoms with Crippen molar-refractivity contribution in [1.82, 2.24) is 14.5 Å². The molecule has 3 nitrogen and oxygen atoms in total. The normalized spacial score (nSPS) is 13.0. The quantitative estimate of drug-likeness (QED) is 0.442. The molecule has 0 radical (unpaired) electrons. The van der Waals surface area contributed by atoms with Crippen LogP contribution in [0.3, 0.4) is 0 Å². The summed E-state index contributed by atoms with van der Waals surface area (Å²) in [5, 5.41) is 2.92. The second-order valence-electron chi connectivity index (χ2n) is 4.64. The molecule has 2 aromatic heterocycles. The minimum Gasteiger partial charge on any atom is -0.318 e. The molecule has 0 N–H and O–H groups in total. The molecule has 0 bridgehead atoms. The lowest BCUT2D eigenvalue weighted by atomic mass is 10.2. The Labute approximate surface area is 144 Å². The predicted molar refractivity (Wildman–Crippen MR) is 92.8 cm³/mol. The van der Waals surface area contributed by atoms with Gasteiger partial charge in [0, 0.05) is 29.9 Å². The third-order valence-electron chi connectivity index (χ3n) is 3.32. The van der Waals surface area contributed by atoms with Crippen molar-refractivity contribution in [3.05, 3.63) is 43.9 Å². The summed E-state index contributed by atoms with van der Waals surface area (Å²) in [5.74, 6) is 1.12. The van der Waals surface area contributed by atoms with Crippen LogP contribution in [0.15, 0.2) is 23.7 Å². The van der Waals surface area contributed by atoms with E-state index in [-0.39, 0.29) is 11.9 Å². The number of nitrogens with zero attached hydrogens (tertiary/aromatic N) is 3. The van der Waals surface area contributed by atoms with Gasteiger partial charge in [-0.15, -0.1) is 22.9 Å². The Balaban J connectivity index is 2.22. The highest BCUT2D eigenvalue weighted by molar-refractivity contribution is 14.1. The van der Waals surface area contributed by atoms with Crippen LogP contribution in [0.5, 0.6) is 0 Å². The summed E-state index contributed by atoms with van der Waals surface area (Å²) in [7, 11) is 0. The standard InChI is InChI=1S/C14H12ClFIN3S/c1-8(14-18-4-5-21-14)20-12-6-9(16)10(17)7-11(12)19-13(20)2-3-15/h4-8H,2-3H2,1H3. The molecular formula is C14H12ClFIN3S. The van der Waals surface area contributed by atoms with Gasteiger partial charge in [-0.3, -0.25) is 0 Å². The summed E-state index contributed by atoms with van der Waals surface area (Å²) in [6, 6.07) is 3.33.